The van der Waals surface area contributed by atoms with Crippen LogP contribution in [0.3, 0.4) is 0 Å². The molecule has 136 valence electrons. The van der Waals surface area contributed by atoms with Gasteiger partial charge in [0.05, 0.1) is 16.8 Å². The van der Waals surface area contributed by atoms with Gasteiger partial charge in [0, 0.05) is 38.2 Å². The van der Waals surface area contributed by atoms with Gasteiger partial charge in [-0.3, -0.25) is 4.79 Å². The SMILES string of the molecule is CCc1nc2ccc(C(=O)N3CCCN(S(=O)(=O)CC)CC3)cc2[nH]1. The predicted molar refractivity (Wildman–Crippen MR) is 97.0 cm³/mol. The van der Waals surface area contributed by atoms with Crippen molar-refractivity contribution < 1.29 is 13.2 Å². The number of H-pyrrole nitrogens is 1. The molecule has 1 aromatic carbocycles. The topological polar surface area (TPSA) is 86.4 Å². The lowest BCUT2D eigenvalue weighted by Gasteiger charge is -2.21. The second-order valence-electron chi connectivity index (χ2n) is 6.21. The molecule has 1 fully saturated rings. The molecule has 7 nitrogen and oxygen atoms in total. The molecule has 0 spiro atoms. The summed E-state index contributed by atoms with van der Waals surface area (Å²) in [5.41, 5.74) is 2.31. The number of nitrogens with one attached hydrogen (secondary N) is 1. The van der Waals surface area contributed by atoms with Gasteiger partial charge in [0.15, 0.2) is 0 Å². The van der Waals surface area contributed by atoms with Crippen molar-refractivity contribution in [3.8, 4) is 0 Å². The van der Waals surface area contributed by atoms with Gasteiger partial charge in [0.2, 0.25) is 10.0 Å². The number of aryl methyl sites for hydroxylation is 1. The number of hydrogen-bond donors (Lipinski definition) is 1. The Morgan fingerprint density at radius 3 is 2.72 bits per heavy atom. The molecular weight excluding hydrogens is 340 g/mol. The zero-order chi connectivity index (χ0) is 18.0. The summed E-state index contributed by atoms with van der Waals surface area (Å²) in [6, 6.07) is 5.47. The number of hydrogen-bond acceptors (Lipinski definition) is 4. The average molecular weight is 364 g/mol. The number of rotatable bonds is 4. The van der Waals surface area contributed by atoms with Gasteiger partial charge in [-0.2, -0.15) is 0 Å². The van der Waals surface area contributed by atoms with Gasteiger partial charge in [0.1, 0.15) is 5.82 Å². The molecule has 25 heavy (non-hydrogen) atoms. The van der Waals surface area contributed by atoms with E-state index in [0.29, 0.717) is 38.2 Å². The van der Waals surface area contributed by atoms with E-state index in [1.54, 1.807) is 17.9 Å². The van der Waals surface area contributed by atoms with E-state index in [0.717, 1.165) is 23.3 Å². The maximum absolute atomic E-state index is 12.8. The number of nitrogens with zero attached hydrogens (tertiary/aromatic N) is 3. The molecule has 0 unspecified atom stereocenters. The molecule has 1 aliphatic heterocycles. The molecule has 1 saturated heterocycles. The molecule has 0 saturated carbocycles. The van der Waals surface area contributed by atoms with Gasteiger partial charge < -0.3 is 9.88 Å². The molecule has 1 aliphatic rings. The van der Waals surface area contributed by atoms with Crippen LogP contribution in [-0.4, -0.2) is 65.4 Å². The number of amides is 1. The van der Waals surface area contributed by atoms with E-state index in [4.69, 9.17) is 0 Å². The summed E-state index contributed by atoms with van der Waals surface area (Å²) in [5.74, 6) is 0.928. The molecule has 2 heterocycles. The fourth-order valence-corrected chi connectivity index (χ4v) is 4.24. The van der Waals surface area contributed by atoms with Crippen LogP contribution in [0.4, 0.5) is 0 Å². The smallest absolute Gasteiger partial charge is 0.253 e. The van der Waals surface area contributed by atoms with Gasteiger partial charge in [-0.25, -0.2) is 17.7 Å². The number of aromatic nitrogens is 2. The first-order valence-corrected chi connectivity index (χ1v) is 10.3. The molecule has 0 atom stereocenters. The van der Waals surface area contributed by atoms with Gasteiger partial charge in [-0.05, 0) is 31.5 Å². The van der Waals surface area contributed by atoms with E-state index < -0.39 is 10.0 Å². The number of fused-ring (bicyclic) bond motifs is 1. The summed E-state index contributed by atoms with van der Waals surface area (Å²) >= 11 is 0. The third-order valence-electron chi connectivity index (χ3n) is 4.61. The van der Waals surface area contributed by atoms with E-state index in [9.17, 15) is 13.2 Å². The highest BCUT2D eigenvalue weighted by Crippen LogP contribution is 2.17. The van der Waals surface area contributed by atoms with Crippen LogP contribution in [0.25, 0.3) is 11.0 Å². The van der Waals surface area contributed by atoms with Crippen LogP contribution < -0.4 is 0 Å². The number of sulfonamides is 1. The fraction of sp³-hybridized carbons (Fsp3) is 0.529. The van der Waals surface area contributed by atoms with E-state index in [-0.39, 0.29) is 11.7 Å². The highest BCUT2D eigenvalue weighted by Gasteiger charge is 2.26. The Balaban J connectivity index is 1.76. The second-order valence-corrected chi connectivity index (χ2v) is 8.47. The number of aromatic amines is 1. The Hall–Kier alpha value is -1.93. The minimum Gasteiger partial charge on any atom is -0.342 e. The number of imidazole rings is 1. The van der Waals surface area contributed by atoms with Crippen LogP contribution in [-0.2, 0) is 16.4 Å². The van der Waals surface area contributed by atoms with Gasteiger partial charge in [0.25, 0.3) is 5.91 Å². The first-order chi connectivity index (χ1) is 11.9. The zero-order valence-electron chi connectivity index (χ0n) is 14.7. The Labute approximate surface area is 148 Å². The zero-order valence-corrected chi connectivity index (χ0v) is 15.5. The van der Waals surface area contributed by atoms with Crippen LogP contribution in [0.15, 0.2) is 18.2 Å². The summed E-state index contributed by atoms with van der Waals surface area (Å²) in [6.07, 6.45) is 1.46. The Morgan fingerprint density at radius 2 is 2.00 bits per heavy atom. The standard InChI is InChI=1S/C17H24N4O3S/c1-3-16-18-14-7-6-13(12-15(14)19-16)17(22)20-8-5-9-21(11-10-20)25(23,24)4-2/h6-7,12H,3-5,8-11H2,1-2H3,(H,18,19). The summed E-state index contributed by atoms with van der Waals surface area (Å²) in [5, 5.41) is 0. The van der Waals surface area contributed by atoms with Crippen LogP contribution in [0, 0.1) is 0 Å². The van der Waals surface area contributed by atoms with Crippen LogP contribution in [0.2, 0.25) is 0 Å². The molecule has 1 amide bonds. The predicted octanol–water partition coefficient (Wildman–Crippen LogP) is 1.62. The molecule has 1 aromatic heterocycles. The normalized spacial score (nSPS) is 17.0. The minimum atomic E-state index is -3.21. The van der Waals surface area contributed by atoms with Crippen molar-refractivity contribution in [3.05, 3.63) is 29.6 Å². The monoisotopic (exact) mass is 364 g/mol. The summed E-state index contributed by atoms with van der Waals surface area (Å²) in [4.78, 5) is 22.2. The van der Waals surface area contributed by atoms with Crippen LogP contribution >= 0.6 is 0 Å². The molecule has 3 rings (SSSR count). The van der Waals surface area contributed by atoms with E-state index in [2.05, 4.69) is 9.97 Å². The summed E-state index contributed by atoms with van der Waals surface area (Å²) < 4.78 is 25.6. The molecule has 0 radical (unpaired) electrons. The number of carbonyl (C=O) groups excluding carboxylic acids is 1. The van der Waals surface area contributed by atoms with Crippen molar-refractivity contribution in [3.63, 3.8) is 0 Å². The maximum Gasteiger partial charge on any atom is 0.253 e. The lowest BCUT2D eigenvalue weighted by molar-refractivity contribution is 0.0764. The maximum atomic E-state index is 12.8. The lowest BCUT2D eigenvalue weighted by Crippen LogP contribution is -2.37. The number of benzene rings is 1. The summed E-state index contributed by atoms with van der Waals surface area (Å²) in [6.45, 7) is 5.48. The van der Waals surface area contributed by atoms with Crippen molar-refractivity contribution in [2.75, 3.05) is 31.9 Å². The molecule has 2 aromatic rings. The minimum absolute atomic E-state index is 0.0645. The van der Waals surface area contributed by atoms with Gasteiger partial charge >= 0.3 is 0 Å². The number of carbonyl (C=O) groups is 1. The lowest BCUT2D eigenvalue weighted by atomic mass is 10.1. The van der Waals surface area contributed by atoms with Gasteiger partial charge in [-0.1, -0.05) is 6.92 Å². The van der Waals surface area contributed by atoms with Crippen molar-refractivity contribution >= 4 is 27.0 Å². The average Bonchev–Trinajstić information content (AvgIpc) is 2.86. The first-order valence-electron chi connectivity index (χ1n) is 8.70. The second kappa shape index (κ2) is 7.13. The third-order valence-corrected chi connectivity index (χ3v) is 6.49. The van der Waals surface area contributed by atoms with Gasteiger partial charge in [-0.15, -0.1) is 0 Å². The van der Waals surface area contributed by atoms with Crippen molar-refractivity contribution in [1.29, 1.82) is 0 Å². The Kier molecular flexibility index (Phi) is 5.10. The Bertz CT molecular complexity index is 875. The third kappa shape index (κ3) is 3.69. The molecular formula is C17H24N4O3S. The van der Waals surface area contributed by atoms with E-state index >= 15 is 0 Å². The molecule has 0 bridgehead atoms. The van der Waals surface area contributed by atoms with E-state index in [1.807, 2.05) is 19.1 Å². The highest BCUT2D eigenvalue weighted by atomic mass is 32.2. The molecule has 0 aliphatic carbocycles. The van der Waals surface area contributed by atoms with Crippen LogP contribution in [0.1, 0.15) is 36.5 Å². The quantitative estimate of drug-likeness (QED) is 0.893. The molecule has 1 N–H and O–H groups in total. The van der Waals surface area contributed by atoms with Crippen LogP contribution in [0.5, 0.6) is 0 Å². The van der Waals surface area contributed by atoms with Crippen molar-refractivity contribution in [2.45, 2.75) is 26.7 Å². The summed E-state index contributed by atoms with van der Waals surface area (Å²) in [7, 11) is -3.21. The first kappa shape index (κ1) is 17.9. The van der Waals surface area contributed by atoms with Crippen molar-refractivity contribution in [1.82, 2.24) is 19.2 Å². The largest absolute Gasteiger partial charge is 0.342 e. The molecule has 8 heteroatoms. The van der Waals surface area contributed by atoms with E-state index in [1.165, 1.54) is 4.31 Å². The highest BCUT2D eigenvalue weighted by molar-refractivity contribution is 7.89. The van der Waals surface area contributed by atoms with Crippen molar-refractivity contribution in [2.24, 2.45) is 0 Å². The Morgan fingerprint density at radius 1 is 1.20 bits per heavy atom. The fourth-order valence-electron chi connectivity index (χ4n) is 3.10.